The fourth-order valence-corrected chi connectivity index (χ4v) is 8.53. The van der Waals surface area contributed by atoms with Gasteiger partial charge in [0, 0.05) is 49.2 Å². The number of fused-ring (bicyclic) bond motifs is 12. The Labute approximate surface area is 303 Å². The average Bonchev–Trinajstić information content (AvgIpc) is 3.97. The molecule has 7 aromatic carbocycles. The first-order chi connectivity index (χ1) is 26.1. The molecule has 4 nitrogen and oxygen atoms in total. The van der Waals surface area contributed by atoms with Crippen LogP contribution in [0.2, 0.25) is 0 Å². The van der Waals surface area contributed by atoms with E-state index in [9.17, 15) is 0 Å². The van der Waals surface area contributed by atoms with E-state index in [1.54, 1.807) is 0 Å². The SMILES string of the molecule is CC1CC=Cc2c1oc1ccc(-c3ccc4oc5ccc(-c6ccc7oc8ccc(-c9ccc%10oc%11ccccc%11c%10c9)cc8c7c6)cc5c4c3)cc21. The summed E-state index contributed by atoms with van der Waals surface area (Å²) in [4.78, 5) is 0. The first kappa shape index (κ1) is 28.9. The van der Waals surface area contributed by atoms with Crippen LogP contribution < -0.4 is 0 Å². The van der Waals surface area contributed by atoms with Gasteiger partial charge in [0.05, 0.1) is 0 Å². The molecule has 4 aromatic heterocycles. The van der Waals surface area contributed by atoms with Gasteiger partial charge in [-0.15, -0.1) is 0 Å². The number of hydrogen-bond donors (Lipinski definition) is 0. The molecule has 1 aliphatic rings. The summed E-state index contributed by atoms with van der Waals surface area (Å²) in [5, 5.41) is 7.80. The lowest BCUT2D eigenvalue weighted by molar-refractivity contribution is 0.504. The van der Waals surface area contributed by atoms with Gasteiger partial charge in [-0.05, 0) is 119 Å². The molecule has 53 heavy (non-hydrogen) atoms. The quantitative estimate of drug-likeness (QED) is 0.186. The summed E-state index contributed by atoms with van der Waals surface area (Å²) >= 11 is 0. The van der Waals surface area contributed by atoms with E-state index in [0.717, 1.165) is 117 Å². The minimum atomic E-state index is 0.393. The largest absolute Gasteiger partial charge is 0.460 e. The summed E-state index contributed by atoms with van der Waals surface area (Å²) in [6, 6.07) is 47.1. The van der Waals surface area contributed by atoms with Crippen molar-refractivity contribution < 1.29 is 17.7 Å². The smallest absolute Gasteiger partial charge is 0.135 e. The molecular weight excluding hydrogens is 653 g/mol. The molecule has 1 aliphatic carbocycles. The molecule has 0 bridgehead atoms. The Hall–Kier alpha value is -6.78. The number of hydrogen-bond acceptors (Lipinski definition) is 4. The molecule has 0 saturated heterocycles. The van der Waals surface area contributed by atoms with Gasteiger partial charge >= 0.3 is 0 Å². The highest BCUT2D eigenvalue weighted by atomic mass is 16.3. The van der Waals surface area contributed by atoms with Gasteiger partial charge < -0.3 is 17.7 Å². The molecule has 0 amide bonds. The maximum absolute atomic E-state index is 6.35. The Morgan fingerprint density at radius 2 is 0.736 bits per heavy atom. The number of furan rings is 4. The molecule has 12 rings (SSSR count). The number of para-hydroxylation sites is 1. The Morgan fingerprint density at radius 1 is 0.377 bits per heavy atom. The van der Waals surface area contributed by atoms with Crippen molar-refractivity contribution in [3.63, 3.8) is 0 Å². The van der Waals surface area contributed by atoms with Crippen LogP contribution in [0.1, 0.15) is 30.6 Å². The molecule has 11 aromatic rings. The summed E-state index contributed by atoms with van der Waals surface area (Å²) in [5.41, 5.74) is 14.3. The van der Waals surface area contributed by atoms with E-state index in [0.29, 0.717) is 5.92 Å². The zero-order chi connectivity index (χ0) is 34.8. The number of allylic oxidation sites excluding steroid dienone is 1. The average molecular weight is 683 g/mol. The summed E-state index contributed by atoms with van der Waals surface area (Å²) in [5.74, 6) is 1.48. The first-order valence-electron chi connectivity index (χ1n) is 18.2. The Bertz CT molecular complexity index is 3340. The summed E-state index contributed by atoms with van der Waals surface area (Å²) in [6.45, 7) is 2.23. The van der Waals surface area contributed by atoms with Crippen LogP contribution in [0.25, 0.3) is 116 Å². The standard InChI is InChI=1S/C49H30O4/c1-27-5-4-7-35-37-22-29(14-20-48(37)53-49(27)35)31-11-17-45-39(24-31)41-26-33(13-19-47(41)52-45)32-12-18-46-40(25-32)38-23-30(10-16-44(38)51-46)28-9-15-43-36(21-28)34-6-2-3-8-42(34)50-43/h2-4,6-27H,5H2,1H3. The topological polar surface area (TPSA) is 52.6 Å². The molecule has 0 aliphatic heterocycles. The van der Waals surface area contributed by atoms with Crippen LogP contribution in [0, 0.1) is 0 Å². The van der Waals surface area contributed by atoms with Crippen molar-refractivity contribution in [1.82, 2.24) is 0 Å². The van der Waals surface area contributed by atoms with Gasteiger partial charge in [0.25, 0.3) is 0 Å². The van der Waals surface area contributed by atoms with E-state index < -0.39 is 0 Å². The fraction of sp³-hybridized carbons (Fsp3) is 0.0612. The van der Waals surface area contributed by atoms with Crippen molar-refractivity contribution in [3.05, 3.63) is 151 Å². The van der Waals surface area contributed by atoms with Crippen LogP contribution in [0.5, 0.6) is 0 Å². The van der Waals surface area contributed by atoms with Crippen LogP contribution in [0.15, 0.2) is 157 Å². The maximum atomic E-state index is 6.35. The predicted octanol–water partition coefficient (Wildman–Crippen LogP) is 14.7. The van der Waals surface area contributed by atoms with Gasteiger partial charge in [-0.3, -0.25) is 0 Å². The third-order valence-corrected chi connectivity index (χ3v) is 11.3. The highest BCUT2D eigenvalue weighted by molar-refractivity contribution is 6.11. The summed E-state index contributed by atoms with van der Waals surface area (Å²) in [7, 11) is 0. The molecule has 0 saturated carbocycles. The van der Waals surface area contributed by atoms with Crippen molar-refractivity contribution in [2.24, 2.45) is 0 Å². The first-order valence-corrected chi connectivity index (χ1v) is 18.2. The summed E-state index contributed by atoms with van der Waals surface area (Å²) < 4.78 is 25.1. The molecular formula is C49H30O4. The van der Waals surface area contributed by atoms with Crippen molar-refractivity contribution >= 4 is 82.9 Å². The molecule has 4 heterocycles. The van der Waals surface area contributed by atoms with Crippen molar-refractivity contribution in [1.29, 1.82) is 0 Å². The van der Waals surface area contributed by atoms with Gasteiger partial charge in [-0.2, -0.15) is 0 Å². The predicted molar refractivity (Wildman–Crippen MR) is 216 cm³/mol. The minimum absolute atomic E-state index is 0.393. The van der Waals surface area contributed by atoms with Crippen LogP contribution in [0.4, 0.5) is 0 Å². The second-order valence-electron chi connectivity index (χ2n) is 14.5. The second kappa shape index (κ2) is 10.6. The van der Waals surface area contributed by atoms with Crippen LogP contribution in [-0.2, 0) is 0 Å². The lowest BCUT2D eigenvalue weighted by Crippen LogP contribution is -1.95. The second-order valence-corrected chi connectivity index (χ2v) is 14.5. The number of benzene rings is 7. The molecule has 0 spiro atoms. The van der Waals surface area contributed by atoms with Crippen molar-refractivity contribution in [3.8, 4) is 33.4 Å². The van der Waals surface area contributed by atoms with Crippen molar-refractivity contribution in [2.75, 3.05) is 0 Å². The van der Waals surface area contributed by atoms with Gasteiger partial charge in [0.1, 0.15) is 44.8 Å². The molecule has 0 radical (unpaired) electrons. The monoisotopic (exact) mass is 682 g/mol. The van der Waals surface area contributed by atoms with E-state index in [1.165, 1.54) is 10.9 Å². The van der Waals surface area contributed by atoms with Crippen LogP contribution in [0.3, 0.4) is 0 Å². The normalized spacial score (nSPS) is 14.5. The summed E-state index contributed by atoms with van der Waals surface area (Å²) in [6.07, 6.45) is 5.48. The third-order valence-electron chi connectivity index (χ3n) is 11.3. The molecule has 0 fully saturated rings. The van der Waals surface area contributed by atoms with E-state index in [1.807, 2.05) is 12.1 Å². The van der Waals surface area contributed by atoms with Crippen LogP contribution in [-0.4, -0.2) is 0 Å². The van der Waals surface area contributed by atoms with Crippen molar-refractivity contribution in [2.45, 2.75) is 19.3 Å². The highest BCUT2D eigenvalue weighted by Crippen LogP contribution is 2.41. The Morgan fingerprint density at radius 3 is 1.19 bits per heavy atom. The highest BCUT2D eigenvalue weighted by Gasteiger charge is 2.21. The zero-order valence-electron chi connectivity index (χ0n) is 28.8. The van der Waals surface area contributed by atoms with Crippen LogP contribution >= 0.6 is 0 Å². The fourth-order valence-electron chi connectivity index (χ4n) is 8.53. The number of rotatable bonds is 3. The molecule has 1 unspecified atom stereocenters. The molecule has 4 heteroatoms. The van der Waals surface area contributed by atoms with E-state index in [2.05, 4.69) is 140 Å². The van der Waals surface area contributed by atoms with Gasteiger partial charge in [-0.1, -0.05) is 73.7 Å². The maximum Gasteiger partial charge on any atom is 0.135 e. The van der Waals surface area contributed by atoms with E-state index >= 15 is 0 Å². The Kier molecular flexibility index (Phi) is 5.79. The molecule has 250 valence electrons. The van der Waals surface area contributed by atoms with Gasteiger partial charge in [0.15, 0.2) is 0 Å². The third kappa shape index (κ3) is 4.30. The lowest BCUT2D eigenvalue weighted by Gasteiger charge is -2.11. The Balaban J connectivity index is 0.947. The van der Waals surface area contributed by atoms with Gasteiger partial charge in [0.2, 0.25) is 0 Å². The van der Waals surface area contributed by atoms with E-state index in [-0.39, 0.29) is 0 Å². The molecule has 1 atom stereocenters. The lowest BCUT2D eigenvalue weighted by atomic mass is 9.93. The minimum Gasteiger partial charge on any atom is -0.460 e. The molecule has 0 N–H and O–H groups in total. The zero-order valence-corrected chi connectivity index (χ0v) is 28.8. The van der Waals surface area contributed by atoms with Gasteiger partial charge in [-0.25, -0.2) is 0 Å². The van der Waals surface area contributed by atoms with E-state index in [4.69, 9.17) is 17.7 Å².